The van der Waals surface area contributed by atoms with Gasteiger partial charge in [-0.15, -0.1) is 0 Å². The van der Waals surface area contributed by atoms with Gasteiger partial charge in [0.05, 0.1) is 12.1 Å². The first-order chi connectivity index (χ1) is 13.1. The topological polar surface area (TPSA) is 50.5 Å². The second-order valence-electron chi connectivity index (χ2n) is 7.65. The molecular formula is C23H21NO3. The lowest BCUT2D eigenvalue weighted by atomic mass is 9.83. The Hall–Kier alpha value is -2.72. The van der Waals surface area contributed by atoms with Crippen LogP contribution in [0.2, 0.25) is 0 Å². The molecule has 1 aromatic heterocycles. The highest BCUT2D eigenvalue weighted by atomic mass is 16.3. The predicted octanol–water partition coefficient (Wildman–Crippen LogP) is 4.69. The Labute approximate surface area is 157 Å². The van der Waals surface area contributed by atoms with E-state index in [1.54, 1.807) is 0 Å². The Morgan fingerprint density at radius 2 is 1.67 bits per heavy atom. The van der Waals surface area contributed by atoms with Gasteiger partial charge in [-0.05, 0) is 62.2 Å². The van der Waals surface area contributed by atoms with Crippen molar-refractivity contribution in [3.63, 3.8) is 0 Å². The zero-order valence-electron chi connectivity index (χ0n) is 15.6. The maximum Gasteiger partial charge on any atom is 0.237 e. The minimum absolute atomic E-state index is 0.426. The molecule has 2 aromatic carbocycles. The third-order valence-electron chi connectivity index (χ3n) is 6.00. The van der Waals surface area contributed by atoms with Crippen molar-refractivity contribution in [3.05, 3.63) is 58.3 Å². The molecule has 0 bridgehead atoms. The number of hydrogen-bond donors (Lipinski definition) is 0. The zero-order chi connectivity index (χ0) is 18.7. The van der Waals surface area contributed by atoms with Gasteiger partial charge in [-0.3, -0.25) is 14.5 Å². The van der Waals surface area contributed by atoms with Crippen LogP contribution >= 0.6 is 0 Å². The fourth-order valence-electron chi connectivity index (χ4n) is 4.49. The average Bonchev–Trinajstić information content (AvgIpc) is 3.28. The minimum Gasteiger partial charge on any atom is -0.459 e. The van der Waals surface area contributed by atoms with E-state index in [4.69, 9.17) is 4.42 Å². The van der Waals surface area contributed by atoms with E-state index >= 15 is 0 Å². The molecule has 0 atom stereocenters. The Morgan fingerprint density at radius 1 is 0.926 bits per heavy atom. The summed E-state index contributed by atoms with van der Waals surface area (Å²) < 4.78 is 6.21. The summed E-state index contributed by atoms with van der Waals surface area (Å²) in [6, 6.07) is 9.81. The summed E-state index contributed by atoms with van der Waals surface area (Å²) in [5, 5.41) is 1.83. The SMILES string of the molecule is Cc1c(CN2CCCC2)oc2c1C(=O)C(=O)c1c-2ccc2c(C)cccc12. The first-order valence-corrected chi connectivity index (χ1v) is 9.52. The van der Waals surface area contributed by atoms with Gasteiger partial charge in [-0.25, -0.2) is 0 Å². The van der Waals surface area contributed by atoms with Gasteiger partial charge in [0.1, 0.15) is 11.5 Å². The smallest absolute Gasteiger partial charge is 0.237 e. The van der Waals surface area contributed by atoms with Crippen LogP contribution in [-0.2, 0) is 6.54 Å². The fourth-order valence-corrected chi connectivity index (χ4v) is 4.49. The Morgan fingerprint density at radius 3 is 2.44 bits per heavy atom. The standard InChI is InChI=1S/C23H21NO3/c1-13-6-5-7-16-15(13)8-9-17-20(16)22(26)21(25)19-14(2)18(27-23(17)19)12-24-10-3-4-11-24/h5-9H,3-4,10-12H2,1-2H3. The summed E-state index contributed by atoms with van der Waals surface area (Å²) in [5.41, 5.74) is 3.57. The highest BCUT2D eigenvalue weighted by molar-refractivity contribution is 6.54. The quantitative estimate of drug-likeness (QED) is 0.623. The predicted molar refractivity (Wildman–Crippen MR) is 104 cm³/mol. The second-order valence-corrected chi connectivity index (χ2v) is 7.65. The van der Waals surface area contributed by atoms with E-state index in [0.717, 1.165) is 46.3 Å². The molecule has 0 N–H and O–H groups in total. The Bertz CT molecular complexity index is 1120. The first-order valence-electron chi connectivity index (χ1n) is 9.52. The molecule has 1 fully saturated rings. The number of rotatable bonds is 2. The van der Waals surface area contributed by atoms with Gasteiger partial charge in [0.2, 0.25) is 11.6 Å². The zero-order valence-corrected chi connectivity index (χ0v) is 15.6. The van der Waals surface area contributed by atoms with E-state index in [9.17, 15) is 9.59 Å². The summed E-state index contributed by atoms with van der Waals surface area (Å²) in [4.78, 5) is 28.3. The lowest BCUT2D eigenvalue weighted by Gasteiger charge is -2.16. The van der Waals surface area contributed by atoms with Crippen molar-refractivity contribution in [2.24, 2.45) is 0 Å². The molecule has 0 amide bonds. The number of carbonyl (C=O) groups excluding carboxylic acids is 2. The van der Waals surface area contributed by atoms with Gasteiger partial charge >= 0.3 is 0 Å². The van der Waals surface area contributed by atoms with Crippen LogP contribution in [0, 0.1) is 13.8 Å². The molecule has 1 aliphatic heterocycles. The van der Waals surface area contributed by atoms with Gasteiger partial charge in [0, 0.05) is 16.7 Å². The van der Waals surface area contributed by atoms with E-state index < -0.39 is 11.6 Å². The normalized spacial score (nSPS) is 16.8. The highest BCUT2D eigenvalue weighted by Crippen LogP contribution is 2.42. The van der Waals surface area contributed by atoms with E-state index in [2.05, 4.69) is 4.90 Å². The Kier molecular flexibility index (Phi) is 3.59. The molecule has 0 saturated carbocycles. The van der Waals surface area contributed by atoms with Crippen LogP contribution < -0.4 is 0 Å². The molecule has 0 unspecified atom stereocenters. The summed E-state index contributed by atoms with van der Waals surface area (Å²) in [5.74, 6) is 0.496. The van der Waals surface area contributed by atoms with Crippen LogP contribution in [0.15, 0.2) is 34.7 Å². The number of furan rings is 1. The fraction of sp³-hybridized carbons (Fsp3) is 0.304. The Balaban J connectivity index is 1.73. The van der Waals surface area contributed by atoms with Crippen LogP contribution in [0.1, 0.15) is 50.4 Å². The van der Waals surface area contributed by atoms with Crippen LogP contribution in [-0.4, -0.2) is 29.6 Å². The van der Waals surface area contributed by atoms with Crippen molar-refractivity contribution in [2.75, 3.05) is 13.1 Å². The maximum absolute atomic E-state index is 13.0. The molecular weight excluding hydrogens is 338 g/mol. The molecule has 0 spiro atoms. The number of benzene rings is 2. The molecule has 136 valence electrons. The molecule has 27 heavy (non-hydrogen) atoms. The third kappa shape index (κ3) is 2.33. The van der Waals surface area contributed by atoms with Gasteiger partial charge in [-0.1, -0.05) is 24.3 Å². The molecule has 2 aliphatic rings. The number of hydrogen-bond acceptors (Lipinski definition) is 4. The minimum atomic E-state index is -0.444. The monoisotopic (exact) mass is 359 g/mol. The highest BCUT2D eigenvalue weighted by Gasteiger charge is 2.37. The van der Waals surface area contributed by atoms with Gasteiger partial charge in [0.25, 0.3) is 0 Å². The van der Waals surface area contributed by atoms with Crippen molar-refractivity contribution >= 4 is 22.3 Å². The summed E-state index contributed by atoms with van der Waals surface area (Å²) in [6.45, 7) is 6.72. The molecule has 1 saturated heterocycles. The van der Waals surface area contributed by atoms with Crippen LogP contribution in [0.5, 0.6) is 0 Å². The van der Waals surface area contributed by atoms with Crippen molar-refractivity contribution in [1.29, 1.82) is 0 Å². The van der Waals surface area contributed by atoms with E-state index in [1.807, 2.05) is 44.2 Å². The van der Waals surface area contributed by atoms with Crippen LogP contribution in [0.3, 0.4) is 0 Å². The number of nitrogens with zero attached hydrogens (tertiary/aromatic N) is 1. The molecule has 4 heteroatoms. The van der Waals surface area contributed by atoms with Crippen molar-refractivity contribution in [1.82, 2.24) is 4.90 Å². The molecule has 4 nitrogen and oxygen atoms in total. The number of aryl methyl sites for hydroxylation is 1. The number of ketones is 2. The molecule has 0 radical (unpaired) electrons. The van der Waals surface area contributed by atoms with Crippen molar-refractivity contribution in [2.45, 2.75) is 33.2 Å². The maximum atomic E-state index is 13.0. The lowest BCUT2D eigenvalue weighted by molar-refractivity contribution is 0.0815. The number of carbonyl (C=O) groups is 2. The lowest BCUT2D eigenvalue weighted by Crippen LogP contribution is -2.21. The van der Waals surface area contributed by atoms with Gasteiger partial charge in [-0.2, -0.15) is 0 Å². The first kappa shape index (κ1) is 16.5. The number of Topliss-reactive ketones (excluding diaryl/α,β-unsaturated/α-hetero) is 2. The van der Waals surface area contributed by atoms with Gasteiger partial charge in [0.15, 0.2) is 0 Å². The number of fused-ring (bicyclic) bond motifs is 5. The summed E-state index contributed by atoms with van der Waals surface area (Å²) in [6.07, 6.45) is 2.40. The second kappa shape index (κ2) is 5.89. The molecule has 2 heterocycles. The molecule has 3 aromatic rings. The largest absolute Gasteiger partial charge is 0.459 e. The van der Waals surface area contributed by atoms with E-state index in [1.165, 1.54) is 12.8 Å². The summed E-state index contributed by atoms with van der Waals surface area (Å²) in [7, 11) is 0. The molecule has 5 rings (SSSR count). The van der Waals surface area contributed by atoms with Crippen molar-refractivity contribution < 1.29 is 14.0 Å². The van der Waals surface area contributed by atoms with Gasteiger partial charge < -0.3 is 4.42 Å². The third-order valence-corrected chi connectivity index (χ3v) is 6.00. The number of likely N-dealkylation sites (tertiary alicyclic amines) is 1. The van der Waals surface area contributed by atoms with Crippen LogP contribution in [0.25, 0.3) is 22.1 Å². The molecule has 1 aliphatic carbocycles. The van der Waals surface area contributed by atoms with Crippen molar-refractivity contribution in [3.8, 4) is 11.3 Å². The average molecular weight is 359 g/mol. The van der Waals surface area contributed by atoms with E-state index in [-0.39, 0.29) is 0 Å². The van der Waals surface area contributed by atoms with E-state index in [0.29, 0.717) is 23.4 Å². The summed E-state index contributed by atoms with van der Waals surface area (Å²) >= 11 is 0. The van der Waals surface area contributed by atoms with Crippen LogP contribution in [0.4, 0.5) is 0 Å².